The van der Waals surface area contributed by atoms with Gasteiger partial charge in [-0.05, 0) is 45.0 Å². The van der Waals surface area contributed by atoms with E-state index >= 15 is 0 Å². The second kappa shape index (κ2) is 8.98. The van der Waals surface area contributed by atoms with Crippen LogP contribution in [0.2, 0.25) is 0 Å². The summed E-state index contributed by atoms with van der Waals surface area (Å²) in [7, 11) is 0. The minimum absolute atomic E-state index is 0.106. The summed E-state index contributed by atoms with van der Waals surface area (Å²) in [5.74, 6) is -0.384. The van der Waals surface area contributed by atoms with E-state index in [1.807, 2.05) is 0 Å². The van der Waals surface area contributed by atoms with Crippen LogP contribution >= 0.6 is 0 Å². The number of carbonyl (C=O) groups is 3. The summed E-state index contributed by atoms with van der Waals surface area (Å²) in [6.45, 7) is 5.45. The molecule has 0 atom stereocenters. The normalized spacial score (nSPS) is 10.8. The minimum atomic E-state index is -0.592. The monoisotopic (exact) mass is 369 g/mol. The number of benzene rings is 2. The van der Waals surface area contributed by atoms with E-state index in [4.69, 9.17) is 9.47 Å². The lowest BCUT2D eigenvalue weighted by molar-refractivity contribution is 0.0527. The molecule has 0 saturated carbocycles. The molecule has 0 aliphatic rings. The summed E-state index contributed by atoms with van der Waals surface area (Å²) < 4.78 is 10.4. The van der Waals surface area contributed by atoms with Crippen LogP contribution in [0.1, 0.15) is 47.9 Å². The molecule has 142 valence electrons. The van der Waals surface area contributed by atoms with Gasteiger partial charge in [0, 0.05) is 18.5 Å². The lowest BCUT2D eigenvalue weighted by Gasteiger charge is -2.19. The maximum Gasteiger partial charge on any atom is 0.407 e. The Labute approximate surface area is 158 Å². The molecule has 2 rings (SSSR count). The van der Waals surface area contributed by atoms with Gasteiger partial charge >= 0.3 is 12.1 Å². The lowest BCUT2D eigenvalue weighted by Crippen LogP contribution is -2.33. The highest BCUT2D eigenvalue weighted by Gasteiger charge is 2.16. The van der Waals surface area contributed by atoms with Gasteiger partial charge in [-0.15, -0.1) is 0 Å². The first-order valence-corrected chi connectivity index (χ1v) is 8.62. The quantitative estimate of drug-likeness (QED) is 0.473. The fourth-order valence-corrected chi connectivity index (χ4v) is 2.21. The molecule has 2 aromatic rings. The van der Waals surface area contributed by atoms with E-state index in [-0.39, 0.29) is 24.5 Å². The molecule has 0 spiro atoms. The zero-order valence-corrected chi connectivity index (χ0v) is 15.7. The minimum Gasteiger partial charge on any atom is -0.444 e. The van der Waals surface area contributed by atoms with Crippen molar-refractivity contribution in [1.82, 2.24) is 5.32 Å². The number of carbonyl (C=O) groups excluding carboxylic acids is 3. The number of Topliss-reactive ketones (excluding diaryl/α,β-unsaturated/α-hetero) is 1. The van der Waals surface area contributed by atoms with Crippen molar-refractivity contribution in [2.24, 2.45) is 0 Å². The summed E-state index contributed by atoms with van der Waals surface area (Å²) in [4.78, 5) is 36.0. The number of ketones is 1. The van der Waals surface area contributed by atoms with Crippen LogP contribution in [0.3, 0.4) is 0 Å². The Bertz CT molecular complexity index is 809. The number of amides is 1. The Balaban J connectivity index is 1.89. The molecule has 0 fully saturated rings. The Morgan fingerprint density at radius 2 is 1.59 bits per heavy atom. The average molecular weight is 369 g/mol. The highest BCUT2D eigenvalue weighted by molar-refractivity contribution is 5.97. The summed E-state index contributed by atoms with van der Waals surface area (Å²) in [5, 5.41) is 2.54. The third-order valence-corrected chi connectivity index (χ3v) is 3.40. The number of hydrogen-bond donors (Lipinski definition) is 1. The maximum atomic E-state index is 12.3. The van der Waals surface area contributed by atoms with Crippen LogP contribution in [0.4, 0.5) is 4.79 Å². The van der Waals surface area contributed by atoms with Crippen LogP contribution in [0, 0.1) is 0 Å². The first-order valence-electron chi connectivity index (χ1n) is 8.62. The largest absolute Gasteiger partial charge is 0.444 e. The standard InChI is InChI=1S/C21H23NO5/c1-21(2,3)27-20(25)22-13-12-18(23)16-10-7-11-17(14-16)26-19(24)15-8-5-4-6-9-15/h4-11,14H,12-13H2,1-3H3,(H,22,25). The zero-order valence-electron chi connectivity index (χ0n) is 15.7. The van der Waals surface area contributed by atoms with Crippen LogP contribution in [-0.2, 0) is 4.74 Å². The van der Waals surface area contributed by atoms with Gasteiger partial charge in [0.05, 0.1) is 5.56 Å². The van der Waals surface area contributed by atoms with Gasteiger partial charge in [0.25, 0.3) is 0 Å². The molecule has 0 bridgehead atoms. The van der Waals surface area contributed by atoms with Gasteiger partial charge in [0.1, 0.15) is 11.4 Å². The summed E-state index contributed by atoms with van der Waals surface area (Å²) in [6.07, 6.45) is -0.462. The van der Waals surface area contributed by atoms with Gasteiger partial charge in [0.15, 0.2) is 5.78 Å². The molecular formula is C21H23NO5. The maximum absolute atomic E-state index is 12.3. The summed E-state index contributed by atoms with van der Waals surface area (Å²) in [5.41, 5.74) is 0.237. The smallest absolute Gasteiger partial charge is 0.407 e. The van der Waals surface area contributed by atoms with Crippen LogP contribution < -0.4 is 10.1 Å². The van der Waals surface area contributed by atoms with Gasteiger partial charge in [-0.25, -0.2) is 9.59 Å². The Kier molecular flexibility index (Phi) is 6.71. The van der Waals surface area contributed by atoms with E-state index in [0.29, 0.717) is 11.1 Å². The molecule has 0 unspecified atom stereocenters. The van der Waals surface area contributed by atoms with Crippen molar-refractivity contribution in [3.63, 3.8) is 0 Å². The topological polar surface area (TPSA) is 81.7 Å². The van der Waals surface area contributed by atoms with E-state index < -0.39 is 17.7 Å². The summed E-state index contributed by atoms with van der Waals surface area (Å²) >= 11 is 0. The van der Waals surface area contributed by atoms with Gasteiger partial charge in [-0.1, -0.05) is 30.3 Å². The fourth-order valence-electron chi connectivity index (χ4n) is 2.21. The molecule has 0 heterocycles. The molecule has 27 heavy (non-hydrogen) atoms. The average Bonchev–Trinajstić information content (AvgIpc) is 2.61. The van der Waals surface area contributed by atoms with Crippen molar-refractivity contribution >= 4 is 17.8 Å². The predicted octanol–water partition coefficient (Wildman–Crippen LogP) is 4.00. The van der Waals surface area contributed by atoms with Gasteiger partial charge in [-0.3, -0.25) is 4.79 Å². The number of alkyl carbamates (subject to hydrolysis) is 1. The molecule has 1 amide bonds. The molecular weight excluding hydrogens is 346 g/mol. The van der Waals surface area contributed by atoms with Crippen molar-refractivity contribution in [3.8, 4) is 5.75 Å². The van der Waals surface area contributed by atoms with Crippen LogP contribution in [0.25, 0.3) is 0 Å². The van der Waals surface area contributed by atoms with Crippen molar-refractivity contribution in [3.05, 3.63) is 65.7 Å². The number of ether oxygens (including phenoxy) is 2. The lowest BCUT2D eigenvalue weighted by atomic mass is 10.1. The Morgan fingerprint density at radius 1 is 0.926 bits per heavy atom. The Hall–Kier alpha value is -3.15. The second-order valence-corrected chi connectivity index (χ2v) is 6.89. The highest BCUT2D eigenvalue weighted by Crippen LogP contribution is 2.16. The fraction of sp³-hybridized carbons (Fsp3) is 0.286. The molecule has 0 aromatic heterocycles. The zero-order chi connectivity index (χ0) is 19.9. The van der Waals surface area contributed by atoms with E-state index in [2.05, 4.69) is 5.32 Å². The number of esters is 1. The van der Waals surface area contributed by atoms with Crippen molar-refractivity contribution < 1.29 is 23.9 Å². The molecule has 0 aliphatic heterocycles. The van der Waals surface area contributed by atoms with Gasteiger partial charge in [-0.2, -0.15) is 0 Å². The molecule has 0 aliphatic carbocycles. The molecule has 0 saturated heterocycles. The van der Waals surface area contributed by atoms with E-state index in [1.54, 1.807) is 69.3 Å². The Morgan fingerprint density at radius 3 is 2.26 bits per heavy atom. The molecule has 2 aromatic carbocycles. The molecule has 6 heteroatoms. The van der Waals surface area contributed by atoms with Crippen LogP contribution in [0.5, 0.6) is 5.75 Å². The third-order valence-electron chi connectivity index (χ3n) is 3.40. The predicted molar refractivity (Wildman–Crippen MR) is 101 cm³/mol. The van der Waals surface area contributed by atoms with Crippen LogP contribution in [-0.4, -0.2) is 30.0 Å². The first-order chi connectivity index (χ1) is 12.7. The van der Waals surface area contributed by atoms with Crippen molar-refractivity contribution in [1.29, 1.82) is 0 Å². The molecule has 1 N–H and O–H groups in total. The summed E-state index contributed by atoms with van der Waals surface area (Å²) in [6, 6.07) is 15.0. The third kappa shape index (κ3) is 6.93. The molecule has 0 radical (unpaired) electrons. The van der Waals surface area contributed by atoms with E-state index in [0.717, 1.165) is 0 Å². The first kappa shape index (κ1) is 20.2. The van der Waals surface area contributed by atoms with Crippen LogP contribution in [0.15, 0.2) is 54.6 Å². The second-order valence-electron chi connectivity index (χ2n) is 6.89. The highest BCUT2D eigenvalue weighted by atomic mass is 16.6. The molecule has 6 nitrogen and oxygen atoms in total. The van der Waals surface area contributed by atoms with Gasteiger partial charge in [0.2, 0.25) is 0 Å². The van der Waals surface area contributed by atoms with Crippen molar-refractivity contribution in [2.45, 2.75) is 32.8 Å². The van der Waals surface area contributed by atoms with E-state index in [1.165, 1.54) is 6.07 Å². The SMILES string of the molecule is CC(C)(C)OC(=O)NCCC(=O)c1cccc(OC(=O)c2ccccc2)c1. The van der Waals surface area contributed by atoms with Crippen molar-refractivity contribution in [2.75, 3.05) is 6.54 Å². The number of rotatable bonds is 6. The van der Waals surface area contributed by atoms with E-state index in [9.17, 15) is 14.4 Å². The van der Waals surface area contributed by atoms with Gasteiger partial charge < -0.3 is 14.8 Å². The number of hydrogen-bond acceptors (Lipinski definition) is 5. The number of nitrogens with one attached hydrogen (secondary N) is 1.